The van der Waals surface area contributed by atoms with E-state index in [-0.39, 0.29) is 5.91 Å². The Labute approximate surface area is 140 Å². The van der Waals surface area contributed by atoms with Crippen LogP contribution >= 0.6 is 0 Å². The summed E-state index contributed by atoms with van der Waals surface area (Å²) in [5.41, 5.74) is -0.122. The standard InChI is InChI=1S/C16H24N4O4/c1-13-11-17-20(12-13)16(15(22)23)4-8-18(9-5-16)14(21)3-7-19-6-2-10-24-19/h11-12H,2-10H2,1H3,(H,22,23). The Bertz CT molecular complexity index is 601. The van der Waals surface area contributed by atoms with Gasteiger partial charge in [-0.3, -0.25) is 14.3 Å². The fourth-order valence-electron chi connectivity index (χ4n) is 3.37. The Balaban J connectivity index is 1.58. The number of carboxylic acid groups (broad SMARTS) is 1. The van der Waals surface area contributed by atoms with Gasteiger partial charge in [0.05, 0.1) is 12.8 Å². The van der Waals surface area contributed by atoms with Crippen molar-refractivity contribution in [1.82, 2.24) is 19.7 Å². The molecule has 1 amide bonds. The average Bonchev–Trinajstić information content (AvgIpc) is 3.24. The lowest BCUT2D eigenvalue weighted by molar-refractivity contribution is -0.154. The monoisotopic (exact) mass is 336 g/mol. The van der Waals surface area contributed by atoms with Crippen LogP contribution in [0.5, 0.6) is 0 Å². The van der Waals surface area contributed by atoms with E-state index in [1.54, 1.807) is 22.0 Å². The zero-order valence-electron chi connectivity index (χ0n) is 14.0. The van der Waals surface area contributed by atoms with Gasteiger partial charge in [-0.1, -0.05) is 0 Å². The first-order valence-corrected chi connectivity index (χ1v) is 8.42. The molecule has 1 N–H and O–H groups in total. The van der Waals surface area contributed by atoms with Crippen LogP contribution in [0, 0.1) is 6.92 Å². The maximum absolute atomic E-state index is 12.4. The summed E-state index contributed by atoms with van der Waals surface area (Å²) in [5.74, 6) is -0.829. The molecule has 0 aliphatic carbocycles. The molecule has 2 fully saturated rings. The van der Waals surface area contributed by atoms with E-state index < -0.39 is 11.5 Å². The first kappa shape index (κ1) is 16.9. The molecule has 0 unspecified atom stereocenters. The van der Waals surface area contributed by atoms with Crippen LogP contribution in [0.2, 0.25) is 0 Å². The van der Waals surface area contributed by atoms with Gasteiger partial charge in [0.25, 0.3) is 0 Å². The highest BCUT2D eigenvalue weighted by molar-refractivity contribution is 5.79. The number of hydroxylamine groups is 2. The zero-order valence-corrected chi connectivity index (χ0v) is 14.0. The van der Waals surface area contributed by atoms with Gasteiger partial charge in [0.1, 0.15) is 0 Å². The third-order valence-corrected chi connectivity index (χ3v) is 4.89. The second-order valence-corrected chi connectivity index (χ2v) is 6.55. The van der Waals surface area contributed by atoms with E-state index in [4.69, 9.17) is 4.84 Å². The van der Waals surface area contributed by atoms with Crippen LogP contribution in [0.4, 0.5) is 0 Å². The Morgan fingerprint density at radius 1 is 1.33 bits per heavy atom. The number of carbonyl (C=O) groups excluding carboxylic acids is 1. The number of carboxylic acids is 1. The largest absolute Gasteiger partial charge is 0.479 e. The quantitative estimate of drug-likeness (QED) is 0.848. The number of nitrogens with zero attached hydrogens (tertiary/aromatic N) is 4. The minimum absolute atomic E-state index is 0.0566. The molecule has 0 aromatic carbocycles. The van der Waals surface area contributed by atoms with E-state index in [1.165, 1.54) is 0 Å². The van der Waals surface area contributed by atoms with Gasteiger partial charge < -0.3 is 10.0 Å². The number of hydrogen-bond acceptors (Lipinski definition) is 5. The summed E-state index contributed by atoms with van der Waals surface area (Å²) in [4.78, 5) is 31.4. The van der Waals surface area contributed by atoms with Crippen LogP contribution in [0.25, 0.3) is 0 Å². The molecule has 3 rings (SSSR count). The van der Waals surface area contributed by atoms with Crippen LogP contribution in [0.15, 0.2) is 12.4 Å². The zero-order chi connectivity index (χ0) is 17.2. The van der Waals surface area contributed by atoms with Crippen LogP contribution < -0.4 is 0 Å². The second-order valence-electron chi connectivity index (χ2n) is 6.55. The van der Waals surface area contributed by atoms with Crippen molar-refractivity contribution < 1.29 is 19.5 Å². The van der Waals surface area contributed by atoms with Gasteiger partial charge >= 0.3 is 5.97 Å². The second kappa shape index (κ2) is 6.90. The molecule has 1 aromatic rings. The maximum Gasteiger partial charge on any atom is 0.331 e. The van der Waals surface area contributed by atoms with Gasteiger partial charge in [0.2, 0.25) is 5.91 Å². The molecule has 1 aromatic heterocycles. The summed E-state index contributed by atoms with van der Waals surface area (Å²) in [6.45, 7) is 4.95. The molecule has 3 heterocycles. The number of rotatable bonds is 5. The summed E-state index contributed by atoms with van der Waals surface area (Å²) >= 11 is 0. The number of likely N-dealkylation sites (tertiary alicyclic amines) is 1. The summed E-state index contributed by atoms with van der Waals surface area (Å²) in [6, 6.07) is 0. The van der Waals surface area contributed by atoms with Crippen molar-refractivity contribution in [3.63, 3.8) is 0 Å². The Morgan fingerprint density at radius 2 is 2.08 bits per heavy atom. The third-order valence-electron chi connectivity index (χ3n) is 4.89. The topological polar surface area (TPSA) is 87.9 Å². The number of aliphatic carboxylic acids is 1. The van der Waals surface area contributed by atoms with E-state index in [0.717, 1.165) is 25.1 Å². The molecule has 0 bridgehead atoms. The van der Waals surface area contributed by atoms with E-state index >= 15 is 0 Å². The highest BCUT2D eigenvalue weighted by atomic mass is 16.7. The van der Waals surface area contributed by atoms with Crippen LogP contribution in [-0.4, -0.2) is 69.5 Å². The molecule has 8 heteroatoms. The molecule has 0 saturated carbocycles. The molecular formula is C16H24N4O4. The summed E-state index contributed by atoms with van der Waals surface area (Å²) in [6.07, 6.45) is 5.57. The molecule has 0 spiro atoms. The molecule has 2 saturated heterocycles. The predicted octanol–water partition coefficient (Wildman–Crippen LogP) is 0.621. The molecular weight excluding hydrogens is 312 g/mol. The Morgan fingerprint density at radius 3 is 2.62 bits per heavy atom. The van der Waals surface area contributed by atoms with E-state index in [9.17, 15) is 14.7 Å². The fourth-order valence-corrected chi connectivity index (χ4v) is 3.37. The molecule has 8 nitrogen and oxygen atoms in total. The van der Waals surface area contributed by atoms with Gasteiger partial charge in [-0.05, 0) is 18.9 Å². The van der Waals surface area contributed by atoms with Crippen molar-refractivity contribution in [3.05, 3.63) is 18.0 Å². The highest BCUT2D eigenvalue weighted by Gasteiger charge is 2.44. The Kier molecular flexibility index (Phi) is 4.86. The smallest absolute Gasteiger partial charge is 0.331 e. The van der Waals surface area contributed by atoms with Gasteiger partial charge in [-0.25, -0.2) is 4.79 Å². The van der Waals surface area contributed by atoms with E-state index in [0.29, 0.717) is 38.9 Å². The average molecular weight is 336 g/mol. The van der Waals surface area contributed by atoms with Gasteiger partial charge in [-0.15, -0.1) is 0 Å². The summed E-state index contributed by atoms with van der Waals surface area (Å²) < 4.78 is 1.55. The van der Waals surface area contributed by atoms with Gasteiger partial charge in [0.15, 0.2) is 5.54 Å². The number of hydrogen-bond donors (Lipinski definition) is 1. The number of piperidine rings is 1. The highest BCUT2D eigenvalue weighted by Crippen LogP contribution is 2.30. The van der Waals surface area contributed by atoms with Crippen LogP contribution in [-0.2, 0) is 20.0 Å². The van der Waals surface area contributed by atoms with E-state index in [2.05, 4.69) is 5.10 Å². The van der Waals surface area contributed by atoms with Gasteiger partial charge in [0, 0.05) is 51.6 Å². The van der Waals surface area contributed by atoms with Crippen LogP contribution in [0.1, 0.15) is 31.2 Å². The normalized spacial score (nSPS) is 21.1. The lowest BCUT2D eigenvalue weighted by Gasteiger charge is -2.39. The van der Waals surface area contributed by atoms with Crippen molar-refractivity contribution >= 4 is 11.9 Å². The third kappa shape index (κ3) is 3.29. The lowest BCUT2D eigenvalue weighted by Crippen LogP contribution is -2.52. The maximum atomic E-state index is 12.4. The van der Waals surface area contributed by atoms with E-state index in [1.807, 2.05) is 12.0 Å². The molecule has 2 aliphatic rings. The van der Waals surface area contributed by atoms with Crippen molar-refractivity contribution in [1.29, 1.82) is 0 Å². The summed E-state index contributed by atoms with van der Waals surface area (Å²) in [5, 5.41) is 15.8. The predicted molar refractivity (Wildman–Crippen MR) is 85.1 cm³/mol. The minimum Gasteiger partial charge on any atom is -0.479 e. The molecule has 132 valence electrons. The van der Waals surface area contributed by atoms with Crippen molar-refractivity contribution in [3.8, 4) is 0 Å². The number of aromatic nitrogens is 2. The van der Waals surface area contributed by atoms with Crippen molar-refractivity contribution in [2.75, 3.05) is 32.8 Å². The van der Waals surface area contributed by atoms with Crippen LogP contribution in [0.3, 0.4) is 0 Å². The first-order valence-electron chi connectivity index (χ1n) is 8.42. The lowest BCUT2D eigenvalue weighted by atomic mass is 9.87. The number of carbonyl (C=O) groups is 2. The molecule has 24 heavy (non-hydrogen) atoms. The van der Waals surface area contributed by atoms with Gasteiger partial charge in [-0.2, -0.15) is 10.2 Å². The fraction of sp³-hybridized carbons (Fsp3) is 0.688. The minimum atomic E-state index is -1.05. The van der Waals surface area contributed by atoms with Crippen molar-refractivity contribution in [2.24, 2.45) is 0 Å². The molecule has 0 radical (unpaired) electrons. The number of aryl methyl sites for hydroxylation is 1. The SMILES string of the molecule is Cc1cnn(C2(C(=O)O)CCN(C(=O)CCN3CCCO3)CC2)c1. The Hall–Kier alpha value is -1.93. The molecule has 2 aliphatic heterocycles. The summed E-state index contributed by atoms with van der Waals surface area (Å²) in [7, 11) is 0. The number of amides is 1. The van der Waals surface area contributed by atoms with Crippen molar-refractivity contribution in [2.45, 2.75) is 38.1 Å². The first-order chi connectivity index (χ1) is 11.5. The molecule has 0 atom stereocenters.